The summed E-state index contributed by atoms with van der Waals surface area (Å²) < 4.78 is 16.1. The van der Waals surface area contributed by atoms with E-state index in [1.54, 1.807) is 21.3 Å². The van der Waals surface area contributed by atoms with Gasteiger partial charge in [-0.25, -0.2) is 0 Å². The van der Waals surface area contributed by atoms with Gasteiger partial charge in [-0.15, -0.1) is 0 Å². The summed E-state index contributed by atoms with van der Waals surface area (Å²) in [6, 6.07) is 0.921. The maximum absolute atomic E-state index is 5.37. The van der Waals surface area contributed by atoms with E-state index in [4.69, 9.17) is 13.3 Å². The van der Waals surface area contributed by atoms with Gasteiger partial charge in [0.1, 0.15) is 0 Å². The monoisotopic (exact) mass is 234 g/mol. The predicted molar refractivity (Wildman–Crippen MR) is 64.9 cm³/mol. The fourth-order valence-electron chi connectivity index (χ4n) is 1.86. The molecule has 0 amide bonds. The molecule has 0 aromatic heterocycles. The van der Waals surface area contributed by atoms with Gasteiger partial charge >= 0.3 is 8.80 Å². The van der Waals surface area contributed by atoms with Gasteiger partial charge in [0.25, 0.3) is 0 Å². The van der Waals surface area contributed by atoms with E-state index < -0.39 is 8.80 Å². The Hall–Kier alpha value is 0.0969. The molecule has 92 valence electrons. The topological polar surface area (TPSA) is 27.7 Å². The summed E-state index contributed by atoms with van der Waals surface area (Å²) in [5.74, 6) is 0.798. The van der Waals surface area contributed by atoms with Crippen LogP contribution in [-0.2, 0) is 13.3 Å². The SMILES string of the molecule is CCCC(C)CCC[Si](OC)(OC)OC. The van der Waals surface area contributed by atoms with Gasteiger partial charge in [-0.05, 0) is 12.3 Å². The van der Waals surface area contributed by atoms with Crippen molar-refractivity contribution in [2.75, 3.05) is 21.3 Å². The van der Waals surface area contributed by atoms with Gasteiger partial charge in [0.05, 0.1) is 0 Å². The Morgan fingerprint density at radius 3 is 1.93 bits per heavy atom. The van der Waals surface area contributed by atoms with Crippen molar-refractivity contribution in [2.24, 2.45) is 5.92 Å². The van der Waals surface area contributed by atoms with E-state index in [9.17, 15) is 0 Å². The molecule has 0 aliphatic carbocycles. The van der Waals surface area contributed by atoms with Crippen molar-refractivity contribution < 1.29 is 13.3 Å². The minimum absolute atomic E-state index is 0.798. The molecule has 4 heteroatoms. The lowest BCUT2D eigenvalue weighted by molar-refractivity contribution is 0.122. The lowest BCUT2D eigenvalue weighted by Gasteiger charge is -2.24. The molecule has 0 saturated heterocycles. The summed E-state index contributed by atoms with van der Waals surface area (Å²) in [5, 5.41) is 0. The molecule has 0 spiro atoms. The standard InChI is InChI=1S/C11H26O3Si/c1-6-8-11(2)9-7-10-15(12-3,13-4)14-5/h11H,6-10H2,1-5H3. The third-order valence-electron chi connectivity index (χ3n) is 2.89. The Labute approximate surface area is 95.5 Å². The van der Waals surface area contributed by atoms with E-state index in [1.165, 1.54) is 19.3 Å². The van der Waals surface area contributed by atoms with Crippen LogP contribution in [0.25, 0.3) is 0 Å². The molecular weight excluding hydrogens is 208 g/mol. The molecule has 0 aromatic rings. The van der Waals surface area contributed by atoms with Gasteiger partial charge in [0.2, 0.25) is 0 Å². The average Bonchev–Trinajstić information content (AvgIpc) is 2.25. The molecular formula is C11H26O3Si. The minimum Gasteiger partial charge on any atom is -0.377 e. The molecule has 0 rings (SSSR count). The van der Waals surface area contributed by atoms with Crippen LogP contribution in [0.2, 0.25) is 6.04 Å². The van der Waals surface area contributed by atoms with Gasteiger partial charge in [-0.2, -0.15) is 0 Å². The van der Waals surface area contributed by atoms with Crippen molar-refractivity contribution in [1.29, 1.82) is 0 Å². The smallest absolute Gasteiger partial charge is 0.377 e. The van der Waals surface area contributed by atoms with Crippen LogP contribution in [-0.4, -0.2) is 30.1 Å². The maximum Gasteiger partial charge on any atom is 0.500 e. The van der Waals surface area contributed by atoms with E-state index in [2.05, 4.69) is 13.8 Å². The lowest BCUT2D eigenvalue weighted by atomic mass is 10.0. The van der Waals surface area contributed by atoms with E-state index in [0.717, 1.165) is 18.4 Å². The Kier molecular flexibility index (Phi) is 8.33. The molecule has 0 radical (unpaired) electrons. The van der Waals surface area contributed by atoms with Crippen LogP contribution >= 0.6 is 0 Å². The highest BCUT2D eigenvalue weighted by Crippen LogP contribution is 2.20. The summed E-state index contributed by atoms with van der Waals surface area (Å²) in [5.41, 5.74) is 0. The highest BCUT2D eigenvalue weighted by molar-refractivity contribution is 6.60. The highest BCUT2D eigenvalue weighted by Gasteiger charge is 2.36. The Morgan fingerprint density at radius 2 is 1.53 bits per heavy atom. The quantitative estimate of drug-likeness (QED) is 0.574. The highest BCUT2D eigenvalue weighted by atomic mass is 28.4. The summed E-state index contributed by atoms with van der Waals surface area (Å²) in [6.45, 7) is 4.54. The van der Waals surface area contributed by atoms with Gasteiger partial charge in [-0.1, -0.05) is 33.1 Å². The van der Waals surface area contributed by atoms with Crippen LogP contribution < -0.4 is 0 Å². The molecule has 0 saturated carbocycles. The molecule has 0 heterocycles. The van der Waals surface area contributed by atoms with Crippen LogP contribution in [0.5, 0.6) is 0 Å². The molecule has 0 aromatic carbocycles. The number of rotatable bonds is 9. The van der Waals surface area contributed by atoms with E-state index in [-0.39, 0.29) is 0 Å². The van der Waals surface area contributed by atoms with E-state index >= 15 is 0 Å². The molecule has 1 unspecified atom stereocenters. The second-order valence-corrected chi connectivity index (χ2v) is 7.17. The maximum atomic E-state index is 5.37. The van der Waals surface area contributed by atoms with Gasteiger partial charge < -0.3 is 13.3 Å². The first-order chi connectivity index (χ1) is 7.14. The molecule has 0 fully saturated rings. The second kappa shape index (κ2) is 8.27. The molecule has 15 heavy (non-hydrogen) atoms. The lowest BCUT2D eigenvalue weighted by Crippen LogP contribution is -2.42. The third-order valence-corrected chi connectivity index (χ3v) is 5.73. The number of hydrogen-bond acceptors (Lipinski definition) is 3. The molecule has 0 aliphatic heterocycles. The van der Waals surface area contributed by atoms with E-state index in [0.29, 0.717) is 0 Å². The molecule has 0 bridgehead atoms. The zero-order chi connectivity index (χ0) is 11.7. The Balaban J connectivity index is 3.80. The van der Waals surface area contributed by atoms with Crippen molar-refractivity contribution in [3.05, 3.63) is 0 Å². The largest absolute Gasteiger partial charge is 0.500 e. The van der Waals surface area contributed by atoms with Gasteiger partial charge in [0, 0.05) is 27.4 Å². The summed E-state index contributed by atoms with van der Waals surface area (Å²) in [6.07, 6.45) is 4.94. The summed E-state index contributed by atoms with van der Waals surface area (Å²) >= 11 is 0. The number of hydrogen-bond donors (Lipinski definition) is 0. The fourth-order valence-corrected chi connectivity index (χ4v) is 3.61. The zero-order valence-corrected chi connectivity index (χ0v) is 11.8. The van der Waals surface area contributed by atoms with Crippen LogP contribution in [0, 0.1) is 5.92 Å². The molecule has 3 nitrogen and oxygen atoms in total. The molecule has 1 atom stereocenters. The molecule has 0 N–H and O–H groups in total. The van der Waals surface area contributed by atoms with Gasteiger partial charge in [-0.3, -0.25) is 0 Å². The second-order valence-electron chi connectivity index (χ2n) is 4.08. The Morgan fingerprint density at radius 1 is 1.00 bits per heavy atom. The first kappa shape index (κ1) is 15.1. The third kappa shape index (κ3) is 5.66. The minimum atomic E-state index is -2.31. The fraction of sp³-hybridized carbons (Fsp3) is 1.00. The van der Waals surface area contributed by atoms with E-state index in [1.807, 2.05) is 0 Å². The normalized spacial score (nSPS) is 14.2. The first-order valence-corrected chi connectivity index (χ1v) is 7.72. The average molecular weight is 234 g/mol. The zero-order valence-electron chi connectivity index (χ0n) is 10.8. The summed E-state index contributed by atoms with van der Waals surface area (Å²) in [4.78, 5) is 0. The van der Waals surface area contributed by atoms with Crippen LogP contribution in [0.3, 0.4) is 0 Å². The van der Waals surface area contributed by atoms with Crippen molar-refractivity contribution in [3.8, 4) is 0 Å². The predicted octanol–water partition coefficient (Wildman–Crippen LogP) is 3.08. The van der Waals surface area contributed by atoms with Crippen molar-refractivity contribution >= 4 is 8.80 Å². The van der Waals surface area contributed by atoms with Crippen LogP contribution in [0.15, 0.2) is 0 Å². The Bertz CT molecular complexity index is 141. The van der Waals surface area contributed by atoms with Crippen LogP contribution in [0.4, 0.5) is 0 Å². The van der Waals surface area contributed by atoms with Gasteiger partial charge in [0.15, 0.2) is 0 Å². The van der Waals surface area contributed by atoms with Crippen molar-refractivity contribution in [2.45, 2.75) is 45.6 Å². The van der Waals surface area contributed by atoms with Crippen molar-refractivity contribution in [1.82, 2.24) is 0 Å². The summed E-state index contributed by atoms with van der Waals surface area (Å²) in [7, 11) is 2.72. The van der Waals surface area contributed by atoms with Crippen molar-refractivity contribution in [3.63, 3.8) is 0 Å². The van der Waals surface area contributed by atoms with Crippen LogP contribution in [0.1, 0.15) is 39.5 Å². The molecule has 0 aliphatic rings. The first-order valence-electron chi connectivity index (χ1n) is 5.79.